The lowest BCUT2D eigenvalue weighted by molar-refractivity contribution is 0.419. The van der Waals surface area contributed by atoms with Gasteiger partial charge in [-0.2, -0.15) is 4.98 Å². The van der Waals surface area contributed by atoms with Crippen molar-refractivity contribution >= 4 is 11.6 Å². The monoisotopic (exact) mass is 263 g/mol. The maximum atomic E-state index is 5.92. The van der Waals surface area contributed by atoms with Gasteiger partial charge in [0.15, 0.2) is 5.82 Å². The van der Waals surface area contributed by atoms with Gasteiger partial charge in [0.05, 0.1) is 6.54 Å². The van der Waals surface area contributed by atoms with Gasteiger partial charge in [-0.1, -0.05) is 16.8 Å². The number of nitrogens with zero attached hydrogens (tertiary/aromatic N) is 2. The van der Waals surface area contributed by atoms with Gasteiger partial charge in [0.25, 0.3) is 5.89 Å². The van der Waals surface area contributed by atoms with Gasteiger partial charge in [-0.05, 0) is 43.5 Å². The van der Waals surface area contributed by atoms with E-state index in [1.807, 2.05) is 25.1 Å². The minimum Gasteiger partial charge on any atom is -0.334 e. The number of nitrogens with one attached hydrogen (secondary N) is 1. The highest BCUT2D eigenvalue weighted by atomic mass is 35.5. The molecule has 1 aliphatic rings. The smallest absolute Gasteiger partial charge is 0.258 e. The Labute approximate surface area is 110 Å². The van der Waals surface area contributed by atoms with E-state index in [9.17, 15) is 0 Å². The molecule has 0 saturated heterocycles. The predicted octanol–water partition coefficient (Wildman–Crippen LogP) is 2.95. The second kappa shape index (κ2) is 4.71. The van der Waals surface area contributed by atoms with Gasteiger partial charge in [0, 0.05) is 16.6 Å². The molecule has 0 unspecified atom stereocenters. The van der Waals surface area contributed by atoms with Gasteiger partial charge in [-0.25, -0.2) is 0 Å². The predicted molar refractivity (Wildman–Crippen MR) is 69.3 cm³/mol. The zero-order valence-electron chi connectivity index (χ0n) is 10.1. The van der Waals surface area contributed by atoms with Gasteiger partial charge in [-0.15, -0.1) is 0 Å². The Balaban J connectivity index is 1.78. The maximum Gasteiger partial charge on any atom is 0.258 e. The van der Waals surface area contributed by atoms with Gasteiger partial charge < -0.3 is 9.84 Å². The minimum atomic E-state index is 0.553. The second-order valence-corrected chi connectivity index (χ2v) is 5.07. The van der Waals surface area contributed by atoms with Gasteiger partial charge in [-0.3, -0.25) is 0 Å². The zero-order chi connectivity index (χ0) is 12.5. The van der Waals surface area contributed by atoms with Crippen molar-refractivity contribution in [1.82, 2.24) is 15.5 Å². The van der Waals surface area contributed by atoms with E-state index in [2.05, 4.69) is 15.5 Å². The molecule has 1 fully saturated rings. The highest BCUT2D eigenvalue weighted by molar-refractivity contribution is 6.30. The van der Waals surface area contributed by atoms with Gasteiger partial charge in [0.1, 0.15) is 0 Å². The molecule has 2 aromatic rings. The van der Waals surface area contributed by atoms with E-state index in [1.54, 1.807) is 0 Å². The van der Waals surface area contributed by atoms with Crippen LogP contribution in [0.4, 0.5) is 0 Å². The van der Waals surface area contributed by atoms with Gasteiger partial charge in [0.2, 0.25) is 0 Å². The second-order valence-electron chi connectivity index (χ2n) is 4.63. The molecule has 0 radical (unpaired) electrons. The molecule has 1 heterocycles. The minimum absolute atomic E-state index is 0.553. The maximum absolute atomic E-state index is 5.92. The molecule has 0 spiro atoms. The summed E-state index contributed by atoms with van der Waals surface area (Å²) in [6.07, 6.45) is 2.50. The van der Waals surface area contributed by atoms with Gasteiger partial charge >= 0.3 is 0 Å². The van der Waals surface area contributed by atoms with E-state index < -0.39 is 0 Å². The topological polar surface area (TPSA) is 51.0 Å². The third kappa shape index (κ3) is 2.54. The molecule has 1 N–H and O–H groups in total. The van der Waals surface area contributed by atoms with E-state index in [-0.39, 0.29) is 0 Å². The molecule has 3 rings (SSSR count). The van der Waals surface area contributed by atoms with Crippen LogP contribution >= 0.6 is 11.6 Å². The number of benzene rings is 1. The molecule has 18 heavy (non-hydrogen) atoms. The van der Waals surface area contributed by atoms with Crippen LogP contribution in [0.15, 0.2) is 22.7 Å². The van der Waals surface area contributed by atoms with E-state index >= 15 is 0 Å². The van der Waals surface area contributed by atoms with Crippen molar-refractivity contribution in [3.63, 3.8) is 0 Å². The summed E-state index contributed by atoms with van der Waals surface area (Å²) in [5, 5.41) is 8.04. The number of rotatable bonds is 4. The summed E-state index contributed by atoms with van der Waals surface area (Å²) in [7, 11) is 0. The molecule has 1 aliphatic carbocycles. The summed E-state index contributed by atoms with van der Waals surface area (Å²) in [6.45, 7) is 2.65. The van der Waals surface area contributed by atoms with Crippen molar-refractivity contribution in [3.8, 4) is 11.5 Å². The lowest BCUT2D eigenvalue weighted by Crippen LogP contribution is -2.16. The Morgan fingerprint density at radius 2 is 2.28 bits per heavy atom. The Kier molecular flexibility index (Phi) is 3.06. The summed E-state index contributed by atoms with van der Waals surface area (Å²) in [6, 6.07) is 6.27. The number of hydrogen-bond donors (Lipinski definition) is 1. The van der Waals surface area contributed by atoms with Crippen molar-refractivity contribution in [3.05, 3.63) is 34.6 Å². The zero-order valence-corrected chi connectivity index (χ0v) is 10.9. The summed E-state index contributed by atoms with van der Waals surface area (Å²) in [5.41, 5.74) is 1.97. The van der Waals surface area contributed by atoms with Crippen molar-refractivity contribution < 1.29 is 4.52 Å². The first-order valence-electron chi connectivity index (χ1n) is 6.05. The molecular weight excluding hydrogens is 250 g/mol. The summed E-state index contributed by atoms with van der Waals surface area (Å²) in [4.78, 5) is 4.39. The van der Waals surface area contributed by atoms with Crippen LogP contribution in [0.2, 0.25) is 5.02 Å². The first-order valence-corrected chi connectivity index (χ1v) is 6.42. The highest BCUT2D eigenvalue weighted by Crippen LogP contribution is 2.24. The molecule has 5 heteroatoms. The molecule has 0 amide bonds. The molecule has 1 aromatic heterocycles. The molecule has 1 saturated carbocycles. The Hall–Kier alpha value is -1.39. The summed E-state index contributed by atoms with van der Waals surface area (Å²) >= 11 is 5.92. The lowest BCUT2D eigenvalue weighted by atomic mass is 10.1. The largest absolute Gasteiger partial charge is 0.334 e. The van der Waals surface area contributed by atoms with Crippen LogP contribution in [0.3, 0.4) is 0 Å². The molecular formula is C13H14ClN3O. The van der Waals surface area contributed by atoms with E-state index in [0.717, 1.165) is 11.1 Å². The van der Waals surface area contributed by atoms with Crippen molar-refractivity contribution in [2.75, 3.05) is 0 Å². The van der Waals surface area contributed by atoms with Crippen molar-refractivity contribution in [2.45, 2.75) is 32.4 Å². The fourth-order valence-corrected chi connectivity index (χ4v) is 2.05. The molecule has 1 aromatic carbocycles. The van der Waals surface area contributed by atoms with E-state index in [0.29, 0.717) is 29.3 Å². The van der Waals surface area contributed by atoms with Crippen LogP contribution in [0.1, 0.15) is 24.2 Å². The lowest BCUT2D eigenvalue weighted by Gasteiger charge is -2.00. The fraction of sp³-hybridized carbons (Fsp3) is 0.385. The van der Waals surface area contributed by atoms with Crippen LogP contribution < -0.4 is 5.32 Å². The third-order valence-corrected chi connectivity index (χ3v) is 3.25. The van der Waals surface area contributed by atoms with Crippen LogP contribution in [0.25, 0.3) is 11.5 Å². The Morgan fingerprint density at radius 1 is 1.44 bits per heavy atom. The molecule has 0 bridgehead atoms. The van der Waals surface area contributed by atoms with Crippen LogP contribution in [0.5, 0.6) is 0 Å². The molecule has 0 atom stereocenters. The van der Waals surface area contributed by atoms with Crippen LogP contribution in [0, 0.1) is 6.92 Å². The number of halogens is 1. The number of aromatic nitrogens is 2. The third-order valence-electron chi connectivity index (χ3n) is 3.01. The average Bonchev–Trinajstić information content (AvgIpc) is 3.05. The highest BCUT2D eigenvalue weighted by Gasteiger charge is 2.21. The van der Waals surface area contributed by atoms with Crippen molar-refractivity contribution in [2.24, 2.45) is 0 Å². The van der Waals surface area contributed by atoms with Crippen LogP contribution in [-0.4, -0.2) is 16.2 Å². The molecule has 0 aliphatic heterocycles. The number of aryl methyl sites for hydroxylation is 1. The standard InChI is InChI=1S/C13H14ClN3O/c1-8-6-9(14)2-5-11(8)13-16-12(17-18-13)7-15-10-3-4-10/h2,5-6,10,15H,3-4,7H2,1H3. The number of hydrogen-bond acceptors (Lipinski definition) is 4. The Morgan fingerprint density at radius 3 is 3.00 bits per heavy atom. The first kappa shape index (κ1) is 11.7. The van der Waals surface area contributed by atoms with E-state index in [1.165, 1.54) is 12.8 Å². The van der Waals surface area contributed by atoms with E-state index in [4.69, 9.17) is 16.1 Å². The molecule has 94 valence electrons. The van der Waals surface area contributed by atoms with Crippen LogP contribution in [-0.2, 0) is 6.54 Å². The fourth-order valence-electron chi connectivity index (χ4n) is 1.83. The summed E-state index contributed by atoms with van der Waals surface area (Å²) in [5.74, 6) is 1.25. The Bertz CT molecular complexity index is 563. The SMILES string of the molecule is Cc1cc(Cl)ccc1-c1nc(CNC2CC2)no1. The quantitative estimate of drug-likeness (QED) is 0.921. The first-order chi connectivity index (χ1) is 8.72. The summed E-state index contributed by atoms with van der Waals surface area (Å²) < 4.78 is 5.28. The molecule has 4 nitrogen and oxygen atoms in total. The van der Waals surface area contributed by atoms with Crippen molar-refractivity contribution in [1.29, 1.82) is 0 Å². The average molecular weight is 264 g/mol. The normalized spacial score (nSPS) is 15.0.